The number of rotatable bonds is 8. The molecule has 0 radical (unpaired) electrons. The van der Waals surface area contributed by atoms with Gasteiger partial charge in [0.05, 0.1) is 11.7 Å². The van der Waals surface area contributed by atoms with Gasteiger partial charge in [-0.15, -0.1) is 8.78 Å². The summed E-state index contributed by atoms with van der Waals surface area (Å²) in [5.41, 5.74) is -1.85. The number of β-amino-alcohol motifs (C(OH)–C–C–N with tert-alkyl or cyclic N) is 1. The molecule has 3 N–H and O–H groups in total. The first-order valence-electron chi connectivity index (χ1n) is 9.79. The first-order chi connectivity index (χ1) is 15.2. The Balaban J connectivity index is 1.81. The number of amides is 1. The minimum absolute atomic E-state index is 0.142. The predicted molar refractivity (Wildman–Crippen MR) is 120 cm³/mol. The van der Waals surface area contributed by atoms with Crippen molar-refractivity contribution < 1.29 is 23.4 Å². The fourth-order valence-corrected chi connectivity index (χ4v) is 3.31. The lowest BCUT2D eigenvalue weighted by molar-refractivity contribution is -0.0964. The van der Waals surface area contributed by atoms with E-state index in [0.717, 1.165) is 0 Å². The molecule has 1 aromatic heterocycles. The number of pyridine rings is 1. The lowest BCUT2D eigenvalue weighted by atomic mass is 10.0. The molecule has 2 aromatic rings. The van der Waals surface area contributed by atoms with Crippen LogP contribution in [0.4, 0.5) is 20.3 Å². The zero-order valence-corrected chi connectivity index (χ0v) is 18.1. The molecule has 7 nitrogen and oxygen atoms in total. The number of allylic oxidation sites excluding steroid dienone is 2. The van der Waals surface area contributed by atoms with Crippen molar-refractivity contribution >= 4 is 34.6 Å². The highest BCUT2D eigenvalue weighted by Gasteiger charge is 2.27. The van der Waals surface area contributed by atoms with Gasteiger partial charge in [0.25, 0.3) is 5.91 Å². The van der Waals surface area contributed by atoms with Gasteiger partial charge in [0.1, 0.15) is 11.6 Å². The van der Waals surface area contributed by atoms with E-state index in [0.29, 0.717) is 42.2 Å². The number of anilines is 2. The summed E-state index contributed by atoms with van der Waals surface area (Å²) in [6.45, 7) is 5.16. The number of nitrogens with zero attached hydrogens (tertiary/aromatic N) is 2. The number of aromatic nitrogens is 1. The number of ether oxygens (including phenoxy) is 1. The molecule has 1 amide bonds. The Morgan fingerprint density at radius 2 is 2.12 bits per heavy atom. The minimum Gasteiger partial charge on any atom is -0.420 e. The lowest BCUT2D eigenvalue weighted by Crippen LogP contribution is -2.24. The number of benzene rings is 1. The fraction of sp³-hybridized carbons (Fsp3) is 0.273. The van der Waals surface area contributed by atoms with E-state index in [4.69, 9.17) is 11.6 Å². The van der Waals surface area contributed by atoms with Crippen LogP contribution in [0.15, 0.2) is 55.4 Å². The van der Waals surface area contributed by atoms with Crippen LogP contribution in [0.25, 0.3) is 5.57 Å². The van der Waals surface area contributed by atoms with E-state index in [9.17, 15) is 18.7 Å². The van der Waals surface area contributed by atoms with Crippen molar-refractivity contribution in [2.45, 2.75) is 18.1 Å². The van der Waals surface area contributed by atoms with E-state index < -0.39 is 17.6 Å². The molecule has 1 fully saturated rings. The van der Waals surface area contributed by atoms with Gasteiger partial charge in [-0.2, -0.15) is 0 Å². The van der Waals surface area contributed by atoms with E-state index in [1.165, 1.54) is 30.5 Å². The third-order valence-electron chi connectivity index (χ3n) is 4.73. The summed E-state index contributed by atoms with van der Waals surface area (Å²) in [6.07, 6.45) is 5.13. The van der Waals surface area contributed by atoms with E-state index in [-0.39, 0.29) is 11.3 Å². The number of hydrogen-bond donors (Lipinski definition) is 3. The summed E-state index contributed by atoms with van der Waals surface area (Å²) >= 11 is 4.75. The third kappa shape index (κ3) is 6.18. The Hall–Kier alpha value is -3.17. The Bertz CT molecular complexity index is 1010. The third-order valence-corrected chi connectivity index (χ3v) is 4.81. The van der Waals surface area contributed by atoms with Gasteiger partial charge in [-0.05, 0) is 54.6 Å². The quantitative estimate of drug-likeness (QED) is 0.407. The molecular weight excluding hydrogens is 442 g/mol. The fourth-order valence-electron chi connectivity index (χ4n) is 3.22. The summed E-state index contributed by atoms with van der Waals surface area (Å²) < 4.78 is 29.7. The normalized spacial score (nSPS) is 16.3. The Kier molecular flexibility index (Phi) is 7.32. The van der Waals surface area contributed by atoms with Crippen LogP contribution in [-0.2, 0) is 0 Å². The Morgan fingerprint density at radius 1 is 1.41 bits per heavy atom. The molecule has 0 aliphatic carbocycles. The lowest BCUT2D eigenvalue weighted by Gasteiger charge is -2.21. The molecule has 1 aromatic carbocycles. The molecule has 1 aliphatic rings. The van der Waals surface area contributed by atoms with Crippen molar-refractivity contribution in [1.82, 2.24) is 10.3 Å². The van der Waals surface area contributed by atoms with Crippen LogP contribution >= 0.6 is 11.6 Å². The first-order valence-corrected chi connectivity index (χ1v) is 10.2. The number of halogens is 3. The topological polar surface area (TPSA) is 86.7 Å². The van der Waals surface area contributed by atoms with E-state index in [1.54, 1.807) is 25.4 Å². The SMILES string of the molecule is C=C(/C=C\NC)c1cc(C(=O)Nc2ccc(OC(F)(F)Cl)cc2)cnc1N1CC[C@@H](O)C1. The number of aliphatic hydroxyl groups is 1. The summed E-state index contributed by atoms with van der Waals surface area (Å²) in [4.78, 5) is 19.2. The molecule has 1 saturated heterocycles. The van der Waals surface area contributed by atoms with E-state index >= 15 is 0 Å². The molecule has 2 heterocycles. The maximum Gasteiger partial charge on any atom is 0.487 e. The van der Waals surface area contributed by atoms with Crippen molar-refractivity contribution in [3.8, 4) is 5.75 Å². The highest BCUT2D eigenvalue weighted by Crippen LogP contribution is 2.29. The van der Waals surface area contributed by atoms with Gasteiger partial charge in [0.15, 0.2) is 0 Å². The Labute approximate surface area is 189 Å². The number of aliphatic hydroxyl groups excluding tert-OH is 1. The molecule has 3 rings (SSSR count). The maximum atomic E-state index is 12.8. The average molecular weight is 465 g/mol. The maximum absolute atomic E-state index is 12.8. The summed E-state index contributed by atoms with van der Waals surface area (Å²) in [7, 11) is 1.76. The summed E-state index contributed by atoms with van der Waals surface area (Å²) in [5.74, 6) is 0.0533. The van der Waals surface area contributed by atoms with Crippen LogP contribution < -0.4 is 20.3 Å². The molecule has 0 saturated carbocycles. The molecule has 10 heteroatoms. The standard InChI is InChI=1S/C22H23ClF2N4O3/c1-14(7-9-26-2)19-11-15(12-27-20(19)29-10-8-17(30)13-29)21(31)28-16-3-5-18(6-4-16)32-22(23,24)25/h3-7,9,11-12,17,26,30H,1,8,10,13H2,2H3,(H,28,31)/b9-7-/t17-/m1/s1. The van der Waals surface area contributed by atoms with E-state index in [2.05, 4.69) is 26.9 Å². The van der Waals surface area contributed by atoms with Crippen molar-refractivity contribution in [3.05, 3.63) is 66.5 Å². The van der Waals surface area contributed by atoms with Crippen molar-refractivity contribution in [3.63, 3.8) is 0 Å². The van der Waals surface area contributed by atoms with Crippen LogP contribution in [-0.4, -0.2) is 47.8 Å². The monoisotopic (exact) mass is 464 g/mol. The van der Waals surface area contributed by atoms with Gasteiger partial charge in [-0.25, -0.2) is 4.98 Å². The number of alkyl halides is 3. The Morgan fingerprint density at radius 3 is 2.72 bits per heavy atom. The average Bonchev–Trinajstić information content (AvgIpc) is 3.18. The van der Waals surface area contributed by atoms with Crippen LogP contribution in [0.2, 0.25) is 0 Å². The zero-order chi connectivity index (χ0) is 23.3. The molecular formula is C22H23ClF2N4O3. The molecule has 0 bridgehead atoms. The van der Waals surface area contributed by atoms with Gasteiger partial charge >= 0.3 is 5.57 Å². The molecule has 1 atom stereocenters. The van der Waals surface area contributed by atoms with Gasteiger partial charge < -0.3 is 25.4 Å². The van der Waals surface area contributed by atoms with Crippen LogP contribution in [0.1, 0.15) is 22.3 Å². The second kappa shape index (κ2) is 9.97. The molecule has 0 spiro atoms. The van der Waals surface area contributed by atoms with Crippen LogP contribution in [0, 0.1) is 0 Å². The van der Waals surface area contributed by atoms with Crippen molar-refractivity contribution in [2.24, 2.45) is 0 Å². The second-order valence-electron chi connectivity index (χ2n) is 7.16. The number of nitrogens with one attached hydrogen (secondary N) is 2. The summed E-state index contributed by atoms with van der Waals surface area (Å²) in [5, 5.41) is 15.5. The largest absolute Gasteiger partial charge is 0.487 e. The second-order valence-corrected chi connectivity index (χ2v) is 7.60. The molecule has 0 unspecified atom stereocenters. The van der Waals surface area contributed by atoms with E-state index in [1.807, 2.05) is 4.90 Å². The molecule has 32 heavy (non-hydrogen) atoms. The smallest absolute Gasteiger partial charge is 0.420 e. The number of carbonyl (C=O) groups is 1. The van der Waals surface area contributed by atoms with Crippen LogP contribution in [0.5, 0.6) is 5.75 Å². The molecule has 1 aliphatic heterocycles. The van der Waals surface area contributed by atoms with Gasteiger partial charge in [-0.1, -0.05) is 6.58 Å². The summed E-state index contributed by atoms with van der Waals surface area (Å²) in [6, 6.07) is 7.04. The number of carbonyl (C=O) groups excluding carboxylic acids is 1. The predicted octanol–water partition coefficient (Wildman–Crippen LogP) is 3.82. The minimum atomic E-state index is -3.82. The first kappa shape index (κ1) is 23.5. The number of hydrogen-bond acceptors (Lipinski definition) is 6. The van der Waals surface area contributed by atoms with Gasteiger partial charge in [0.2, 0.25) is 0 Å². The van der Waals surface area contributed by atoms with Gasteiger partial charge in [0, 0.05) is 49.2 Å². The molecule has 170 valence electrons. The zero-order valence-electron chi connectivity index (χ0n) is 17.3. The van der Waals surface area contributed by atoms with Crippen molar-refractivity contribution in [2.75, 3.05) is 30.4 Å². The van der Waals surface area contributed by atoms with Crippen molar-refractivity contribution in [1.29, 1.82) is 0 Å². The van der Waals surface area contributed by atoms with Crippen LogP contribution in [0.3, 0.4) is 0 Å². The van der Waals surface area contributed by atoms with Gasteiger partial charge in [-0.3, -0.25) is 4.79 Å². The highest BCUT2D eigenvalue weighted by molar-refractivity contribution is 6.20. The highest BCUT2D eigenvalue weighted by atomic mass is 35.5.